The third kappa shape index (κ3) is 3.64. The van der Waals surface area contributed by atoms with Crippen LogP contribution in [-0.2, 0) is 17.9 Å². The lowest BCUT2D eigenvalue weighted by Gasteiger charge is -2.43. The van der Waals surface area contributed by atoms with E-state index in [1.54, 1.807) is 18.1 Å². The minimum Gasteiger partial charge on any atom is -0.489 e. The van der Waals surface area contributed by atoms with Crippen molar-refractivity contribution in [2.45, 2.75) is 38.5 Å². The zero-order valence-corrected chi connectivity index (χ0v) is 18.4. The fourth-order valence-corrected chi connectivity index (χ4v) is 4.51. The highest BCUT2D eigenvalue weighted by Gasteiger charge is 2.50. The molecule has 7 nitrogen and oxygen atoms in total. The van der Waals surface area contributed by atoms with E-state index in [0.29, 0.717) is 19.1 Å². The van der Waals surface area contributed by atoms with E-state index in [1.807, 2.05) is 49.4 Å². The molecule has 0 saturated carbocycles. The van der Waals surface area contributed by atoms with E-state index in [9.17, 15) is 4.79 Å². The van der Waals surface area contributed by atoms with Crippen LogP contribution in [0, 0.1) is 0 Å². The third-order valence-corrected chi connectivity index (χ3v) is 6.40. The van der Waals surface area contributed by atoms with E-state index in [-0.39, 0.29) is 5.91 Å². The first kappa shape index (κ1) is 20.3. The third-order valence-electron chi connectivity index (χ3n) is 6.40. The Balaban J connectivity index is 1.24. The molecule has 2 aliphatic heterocycles. The Hall–Kier alpha value is -3.61. The highest BCUT2D eigenvalue weighted by Crippen LogP contribution is 2.43. The Kier molecular flexibility index (Phi) is 5.17. The van der Waals surface area contributed by atoms with Gasteiger partial charge in [0.1, 0.15) is 23.6 Å². The zero-order valence-electron chi connectivity index (χ0n) is 18.4. The molecular weight excluding hydrogens is 402 g/mol. The van der Waals surface area contributed by atoms with Crippen molar-refractivity contribution in [2.75, 3.05) is 28.7 Å². The molecule has 0 spiro atoms. The van der Waals surface area contributed by atoms with Crippen molar-refractivity contribution in [2.24, 2.45) is 0 Å². The Bertz CT molecular complexity index is 1120. The second-order valence-corrected chi connectivity index (χ2v) is 8.57. The lowest BCUT2D eigenvalue weighted by Crippen LogP contribution is -2.58. The molecule has 3 aromatic rings. The maximum Gasteiger partial charge on any atom is 0.252 e. The number of amides is 1. The summed E-state index contributed by atoms with van der Waals surface area (Å²) in [6.45, 7) is 4.00. The molecule has 0 aliphatic carbocycles. The summed E-state index contributed by atoms with van der Waals surface area (Å²) in [6.07, 6.45) is 3.57. The van der Waals surface area contributed by atoms with Gasteiger partial charge in [-0.2, -0.15) is 4.98 Å². The van der Waals surface area contributed by atoms with Crippen LogP contribution in [0.5, 0.6) is 5.75 Å². The lowest BCUT2D eigenvalue weighted by molar-refractivity contribution is -0.123. The summed E-state index contributed by atoms with van der Waals surface area (Å²) in [6, 6.07) is 18.1. The van der Waals surface area contributed by atoms with E-state index in [1.165, 1.54) is 0 Å². The number of fused-ring (bicyclic) bond motifs is 3. The molecule has 3 heterocycles. The van der Waals surface area contributed by atoms with Gasteiger partial charge in [-0.25, -0.2) is 4.98 Å². The van der Waals surface area contributed by atoms with E-state index in [2.05, 4.69) is 27.3 Å². The Labute approximate surface area is 188 Å². The number of carbonyl (C=O) groups excluding carboxylic acids is 1. The van der Waals surface area contributed by atoms with Gasteiger partial charge >= 0.3 is 0 Å². The number of likely N-dealkylation sites (N-methyl/N-ethyl adjacent to an activating group) is 1. The first-order valence-corrected chi connectivity index (χ1v) is 11.0. The summed E-state index contributed by atoms with van der Waals surface area (Å²) in [5.41, 5.74) is 2.50. The zero-order chi connectivity index (χ0) is 22.1. The molecule has 0 radical (unpaired) electrons. The average Bonchev–Trinajstić information content (AvgIpc) is 3.24. The number of nitrogens with one attached hydrogen (secondary N) is 1. The van der Waals surface area contributed by atoms with Gasteiger partial charge in [0.25, 0.3) is 5.91 Å². The summed E-state index contributed by atoms with van der Waals surface area (Å²) >= 11 is 0. The van der Waals surface area contributed by atoms with Gasteiger partial charge in [0.05, 0.1) is 6.20 Å². The molecule has 1 atom stereocenters. The highest BCUT2D eigenvalue weighted by atomic mass is 16.5. The fraction of sp³-hybridized carbons (Fsp3) is 0.320. The maximum atomic E-state index is 12.8. The first-order chi connectivity index (χ1) is 15.5. The summed E-state index contributed by atoms with van der Waals surface area (Å²) in [5.74, 6) is 2.34. The van der Waals surface area contributed by atoms with Crippen molar-refractivity contribution in [3.8, 4) is 5.75 Å². The maximum absolute atomic E-state index is 12.8. The quantitative estimate of drug-likeness (QED) is 0.639. The van der Waals surface area contributed by atoms with Gasteiger partial charge < -0.3 is 19.9 Å². The van der Waals surface area contributed by atoms with Crippen LogP contribution in [0.15, 0.2) is 60.8 Å². The molecule has 1 saturated heterocycles. The molecule has 2 aliphatic rings. The van der Waals surface area contributed by atoms with Crippen molar-refractivity contribution in [1.82, 2.24) is 9.97 Å². The van der Waals surface area contributed by atoms with Gasteiger partial charge in [0.2, 0.25) is 5.95 Å². The number of anilines is 3. The average molecular weight is 430 g/mol. The summed E-state index contributed by atoms with van der Waals surface area (Å²) in [5, 5.41) is 3.31. The van der Waals surface area contributed by atoms with Crippen LogP contribution in [0.2, 0.25) is 0 Å². The molecule has 1 unspecified atom stereocenters. The topological polar surface area (TPSA) is 70.6 Å². The standard InChI is InChI=1S/C25H27N5O2/c1-25-13-6-14-30(25)22-21(29(2)23(25)31)16-27-24(28-22)26-15-18-9-11-20(12-10-18)32-17-19-7-4-3-5-8-19/h3-5,7-12,16H,6,13-15,17H2,1-2H3,(H,26,27,28). The van der Waals surface area contributed by atoms with E-state index < -0.39 is 5.54 Å². The van der Waals surface area contributed by atoms with Crippen LogP contribution < -0.4 is 19.9 Å². The molecule has 7 heteroatoms. The SMILES string of the molecule is CN1C(=O)C2(C)CCCN2c2nc(NCc3ccc(OCc4ccccc4)cc3)ncc21. The Morgan fingerprint density at radius 2 is 1.88 bits per heavy atom. The number of carbonyl (C=O) groups is 1. The molecule has 1 aromatic heterocycles. The summed E-state index contributed by atoms with van der Waals surface area (Å²) in [4.78, 5) is 25.9. The van der Waals surface area contributed by atoms with Crippen LogP contribution in [0.25, 0.3) is 0 Å². The number of ether oxygens (including phenoxy) is 1. The normalized spacial score (nSPS) is 19.5. The smallest absolute Gasteiger partial charge is 0.252 e. The molecule has 5 rings (SSSR count). The lowest BCUT2D eigenvalue weighted by atomic mass is 9.94. The van der Waals surface area contributed by atoms with Gasteiger partial charge in [-0.3, -0.25) is 4.79 Å². The van der Waals surface area contributed by atoms with Gasteiger partial charge in [0.15, 0.2) is 5.82 Å². The van der Waals surface area contributed by atoms with Crippen LogP contribution in [-0.4, -0.2) is 35.0 Å². The van der Waals surface area contributed by atoms with E-state index >= 15 is 0 Å². The molecule has 1 N–H and O–H groups in total. The number of nitrogens with zero attached hydrogens (tertiary/aromatic N) is 4. The first-order valence-electron chi connectivity index (χ1n) is 11.0. The number of benzene rings is 2. The highest BCUT2D eigenvalue weighted by molar-refractivity contribution is 6.07. The van der Waals surface area contributed by atoms with Crippen LogP contribution >= 0.6 is 0 Å². The molecule has 32 heavy (non-hydrogen) atoms. The Morgan fingerprint density at radius 3 is 2.66 bits per heavy atom. The van der Waals surface area contributed by atoms with Gasteiger partial charge in [-0.05, 0) is 43.0 Å². The molecular formula is C25H27N5O2. The minimum absolute atomic E-state index is 0.112. The second-order valence-electron chi connectivity index (χ2n) is 8.57. The molecule has 1 amide bonds. The van der Waals surface area contributed by atoms with Crippen LogP contribution in [0.1, 0.15) is 30.9 Å². The van der Waals surface area contributed by atoms with Crippen molar-refractivity contribution in [3.05, 3.63) is 71.9 Å². The molecule has 1 fully saturated rings. The predicted molar refractivity (Wildman–Crippen MR) is 125 cm³/mol. The second kappa shape index (κ2) is 8.15. The summed E-state index contributed by atoms with van der Waals surface area (Å²) < 4.78 is 5.86. The summed E-state index contributed by atoms with van der Waals surface area (Å²) in [7, 11) is 1.81. The van der Waals surface area contributed by atoms with Gasteiger partial charge in [-0.1, -0.05) is 42.5 Å². The van der Waals surface area contributed by atoms with Crippen molar-refractivity contribution in [1.29, 1.82) is 0 Å². The number of hydrogen-bond acceptors (Lipinski definition) is 6. The van der Waals surface area contributed by atoms with Crippen molar-refractivity contribution < 1.29 is 9.53 Å². The number of hydrogen-bond donors (Lipinski definition) is 1. The van der Waals surface area contributed by atoms with Crippen molar-refractivity contribution >= 4 is 23.4 Å². The van der Waals surface area contributed by atoms with Gasteiger partial charge in [-0.15, -0.1) is 0 Å². The Morgan fingerprint density at radius 1 is 1.09 bits per heavy atom. The largest absolute Gasteiger partial charge is 0.489 e. The molecule has 2 aromatic carbocycles. The van der Waals surface area contributed by atoms with Crippen LogP contribution in [0.3, 0.4) is 0 Å². The number of aromatic nitrogens is 2. The molecule has 0 bridgehead atoms. The van der Waals surface area contributed by atoms with E-state index in [0.717, 1.165) is 47.8 Å². The minimum atomic E-state index is -0.511. The number of rotatable bonds is 6. The monoisotopic (exact) mass is 429 g/mol. The van der Waals surface area contributed by atoms with E-state index in [4.69, 9.17) is 9.72 Å². The fourth-order valence-electron chi connectivity index (χ4n) is 4.51. The van der Waals surface area contributed by atoms with Crippen molar-refractivity contribution in [3.63, 3.8) is 0 Å². The van der Waals surface area contributed by atoms with Gasteiger partial charge in [0, 0.05) is 20.1 Å². The molecule has 164 valence electrons. The predicted octanol–water partition coefficient (Wildman–Crippen LogP) is 4.00. The van der Waals surface area contributed by atoms with Crippen LogP contribution in [0.4, 0.5) is 17.5 Å².